The van der Waals surface area contributed by atoms with Crippen LogP contribution in [0.2, 0.25) is 0 Å². The van der Waals surface area contributed by atoms with E-state index in [2.05, 4.69) is 61.4 Å². The summed E-state index contributed by atoms with van der Waals surface area (Å²) in [7, 11) is 0. The summed E-state index contributed by atoms with van der Waals surface area (Å²) in [5.74, 6) is 0.798. The van der Waals surface area contributed by atoms with Crippen molar-refractivity contribution in [1.82, 2.24) is 24.6 Å². The molecule has 2 aromatic heterocycles. The quantitative estimate of drug-likeness (QED) is 0.661. The van der Waals surface area contributed by atoms with Crippen LogP contribution in [-0.2, 0) is 6.67 Å². The van der Waals surface area contributed by atoms with Crippen molar-refractivity contribution in [2.24, 2.45) is 0 Å². The van der Waals surface area contributed by atoms with Gasteiger partial charge in [0.1, 0.15) is 0 Å². The van der Waals surface area contributed by atoms with Crippen LogP contribution < -0.4 is 10.2 Å². The fraction of sp³-hybridized carbons (Fsp3) is 0.333. The molecule has 3 heterocycles. The third-order valence-electron chi connectivity index (χ3n) is 4.45. The number of rotatable bonds is 5. The van der Waals surface area contributed by atoms with Crippen molar-refractivity contribution in [2.75, 3.05) is 36.4 Å². The largest absolute Gasteiger partial charge is 0.338 e. The number of aromatic nitrogens is 4. The Balaban J connectivity index is 1.36. The van der Waals surface area contributed by atoms with Gasteiger partial charge in [-0.1, -0.05) is 29.0 Å². The molecule has 0 aliphatic carbocycles. The van der Waals surface area contributed by atoms with Gasteiger partial charge >= 0.3 is 0 Å². The molecule has 27 heavy (non-hydrogen) atoms. The maximum Gasteiger partial charge on any atom is 0.225 e. The van der Waals surface area contributed by atoms with Crippen LogP contribution in [0.25, 0.3) is 0 Å². The molecule has 0 radical (unpaired) electrons. The highest BCUT2D eigenvalue weighted by atomic mass is 32.1. The molecule has 1 aliphatic heterocycles. The van der Waals surface area contributed by atoms with Crippen molar-refractivity contribution < 1.29 is 0 Å². The van der Waals surface area contributed by atoms with Crippen LogP contribution in [0.15, 0.2) is 42.7 Å². The molecule has 1 N–H and O–H groups in total. The first-order valence-corrected chi connectivity index (χ1v) is 10.1. The van der Waals surface area contributed by atoms with Crippen LogP contribution >= 0.6 is 23.6 Å². The maximum absolute atomic E-state index is 5.50. The molecule has 0 atom stereocenters. The van der Waals surface area contributed by atoms with E-state index in [0.717, 1.165) is 46.9 Å². The number of nitrogens with zero attached hydrogens (tertiary/aromatic N) is 6. The summed E-state index contributed by atoms with van der Waals surface area (Å²) in [5, 5.41) is 8.79. The minimum Gasteiger partial charge on any atom is -0.338 e. The highest BCUT2D eigenvalue weighted by molar-refractivity contribution is 7.73. The average molecular weight is 400 g/mol. The number of benzene rings is 1. The van der Waals surface area contributed by atoms with Gasteiger partial charge in [0.15, 0.2) is 3.95 Å². The minimum atomic E-state index is 0.703. The second-order valence-electron chi connectivity index (χ2n) is 6.46. The van der Waals surface area contributed by atoms with Crippen LogP contribution in [0.5, 0.6) is 0 Å². The van der Waals surface area contributed by atoms with Crippen molar-refractivity contribution in [3.05, 3.63) is 52.2 Å². The van der Waals surface area contributed by atoms with Gasteiger partial charge in [0.25, 0.3) is 0 Å². The van der Waals surface area contributed by atoms with E-state index in [-0.39, 0.29) is 0 Å². The molecule has 9 heteroatoms. The molecule has 1 saturated heterocycles. The monoisotopic (exact) mass is 399 g/mol. The number of aryl methyl sites for hydroxylation is 1. The Morgan fingerprint density at radius 2 is 1.78 bits per heavy atom. The molecule has 0 saturated carbocycles. The van der Waals surface area contributed by atoms with Crippen LogP contribution in [0, 0.1) is 10.9 Å². The van der Waals surface area contributed by atoms with Crippen LogP contribution in [0.1, 0.15) is 5.56 Å². The van der Waals surface area contributed by atoms with Gasteiger partial charge in [-0.2, -0.15) is 0 Å². The van der Waals surface area contributed by atoms with Crippen molar-refractivity contribution in [1.29, 1.82) is 0 Å². The van der Waals surface area contributed by atoms with Crippen molar-refractivity contribution >= 4 is 40.3 Å². The molecule has 3 aromatic rings. The number of piperazine rings is 1. The topological polar surface area (TPSA) is 62.1 Å². The molecule has 0 bridgehead atoms. The maximum atomic E-state index is 5.50. The summed E-state index contributed by atoms with van der Waals surface area (Å²) in [4.78, 5) is 13.2. The van der Waals surface area contributed by atoms with Crippen LogP contribution in [0.4, 0.5) is 16.8 Å². The third-order valence-corrected chi connectivity index (χ3v) is 5.67. The number of hydrogen-bond donors (Lipinski definition) is 1. The number of nitrogens with one attached hydrogen (secondary N) is 1. The SMILES string of the molecule is Cc1ccc(Nc2nn(CN3CCN(c4ncccn4)CC3)c(=S)s2)cc1. The summed E-state index contributed by atoms with van der Waals surface area (Å²) in [6.45, 7) is 6.43. The first-order chi connectivity index (χ1) is 13.2. The van der Waals surface area contributed by atoms with E-state index in [4.69, 9.17) is 12.2 Å². The third kappa shape index (κ3) is 4.49. The Bertz CT molecular complexity index is 928. The zero-order chi connectivity index (χ0) is 18.6. The Kier molecular flexibility index (Phi) is 5.42. The standard InChI is InChI=1S/C18H21N7S2/c1-14-3-5-15(6-4-14)21-17-22-25(18(26)27-17)13-23-9-11-24(12-10-23)16-19-7-2-8-20-16/h2-8H,9-13H2,1H3,(H,21,22). The molecule has 7 nitrogen and oxygen atoms in total. The second kappa shape index (κ2) is 8.12. The highest BCUT2D eigenvalue weighted by Gasteiger charge is 2.19. The number of hydrogen-bond acceptors (Lipinski definition) is 8. The lowest BCUT2D eigenvalue weighted by molar-refractivity contribution is 0.194. The molecule has 0 unspecified atom stereocenters. The predicted molar refractivity (Wildman–Crippen MR) is 111 cm³/mol. The molecular weight excluding hydrogens is 378 g/mol. The van der Waals surface area contributed by atoms with Gasteiger partial charge in [0.2, 0.25) is 11.1 Å². The van der Waals surface area contributed by atoms with Gasteiger partial charge in [-0.25, -0.2) is 14.6 Å². The van der Waals surface area contributed by atoms with E-state index >= 15 is 0 Å². The van der Waals surface area contributed by atoms with E-state index in [9.17, 15) is 0 Å². The first-order valence-electron chi connectivity index (χ1n) is 8.83. The summed E-state index contributed by atoms with van der Waals surface area (Å²) in [6.07, 6.45) is 3.57. The lowest BCUT2D eigenvalue weighted by atomic mass is 10.2. The zero-order valence-electron chi connectivity index (χ0n) is 15.1. The summed E-state index contributed by atoms with van der Waals surface area (Å²) in [6, 6.07) is 10.1. The Hall–Kier alpha value is -2.36. The van der Waals surface area contributed by atoms with Gasteiger partial charge in [0, 0.05) is 44.3 Å². The number of anilines is 3. The van der Waals surface area contributed by atoms with E-state index < -0.39 is 0 Å². The van der Waals surface area contributed by atoms with Crippen LogP contribution in [0.3, 0.4) is 0 Å². The van der Waals surface area contributed by atoms with E-state index in [1.807, 2.05) is 10.7 Å². The van der Waals surface area contributed by atoms with Gasteiger partial charge in [-0.15, -0.1) is 5.10 Å². The Morgan fingerprint density at radius 1 is 1.07 bits per heavy atom. The summed E-state index contributed by atoms with van der Waals surface area (Å²) < 4.78 is 2.67. The summed E-state index contributed by atoms with van der Waals surface area (Å²) in [5.41, 5.74) is 2.26. The molecule has 1 aliphatic rings. The van der Waals surface area contributed by atoms with Gasteiger partial charge < -0.3 is 10.2 Å². The van der Waals surface area contributed by atoms with Gasteiger partial charge in [-0.3, -0.25) is 4.90 Å². The summed E-state index contributed by atoms with van der Waals surface area (Å²) >= 11 is 7.00. The normalized spacial score (nSPS) is 15.1. The van der Waals surface area contributed by atoms with Crippen molar-refractivity contribution in [3.63, 3.8) is 0 Å². The predicted octanol–water partition coefficient (Wildman–Crippen LogP) is 3.30. The second-order valence-corrected chi connectivity index (χ2v) is 8.08. The van der Waals surface area contributed by atoms with E-state index in [1.54, 1.807) is 12.4 Å². The Labute approximate surface area is 167 Å². The molecule has 4 rings (SSSR count). The molecular formula is C18H21N7S2. The lowest BCUT2D eigenvalue weighted by Crippen LogP contribution is -2.47. The average Bonchev–Trinajstić information content (AvgIpc) is 3.04. The highest BCUT2D eigenvalue weighted by Crippen LogP contribution is 2.21. The van der Waals surface area contributed by atoms with Crippen molar-refractivity contribution in [3.8, 4) is 0 Å². The van der Waals surface area contributed by atoms with Crippen LogP contribution in [-0.4, -0.2) is 50.8 Å². The fourth-order valence-corrected chi connectivity index (χ4v) is 3.95. The van der Waals surface area contributed by atoms with Gasteiger partial charge in [-0.05, 0) is 37.3 Å². The lowest BCUT2D eigenvalue weighted by Gasteiger charge is -2.34. The molecule has 0 amide bonds. The molecule has 1 fully saturated rings. The zero-order valence-corrected chi connectivity index (χ0v) is 16.7. The molecule has 1 aromatic carbocycles. The fourth-order valence-electron chi connectivity index (χ4n) is 2.94. The van der Waals surface area contributed by atoms with E-state index in [1.165, 1.54) is 16.9 Å². The smallest absolute Gasteiger partial charge is 0.225 e. The Morgan fingerprint density at radius 3 is 2.48 bits per heavy atom. The van der Waals surface area contributed by atoms with Crippen molar-refractivity contribution in [2.45, 2.75) is 13.6 Å². The molecule has 140 valence electrons. The van der Waals surface area contributed by atoms with E-state index in [0.29, 0.717) is 6.67 Å². The minimum absolute atomic E-state index is 0.703. The molecule has 0 spiro atoms. The van der Waals surface area contributed by atoms with Gasteiger partial charge in [0.05, 0.1) is 6.67 Å². The first kappa shape index (κ1) is 18.0.